The molecule has 0 saturated carbocycles. The van der Waals surface area contributed by atoms with Crippen molar-refractivity contribution in [2.75, 3.05) is 38.6 Å². The number of hydrogen-bond acceptors (Lipinski definition) is 11. The van der Waals surface area contributed by atoms with E-state index in [9.17, 15) is 33.6 Å². The first kappa shape index (κ1) is 35.0. The Balaban J connectivity index is 2.38. The molecule has 0 aliphatic carbocycles. The normalized spacial score (nSPS) is 16.4. The highest BCUT2D eigenvalue weighted by Gasteiger charge is 2.41. The lowest BCUT2D eigenvalue weighted by Gasteiger charge is -2.17. The predicted molar refractivity (Wildman–Crippen MR) is 146 cm³/mol. The number of carbonyl (C=O) groups excluding carboxylic acids is 7. The number of thiol groups is 1. The number of esters is 1. The van der Waals surface area contributed by atoms with Gasteiger partial charge in [-0.25, -0.2) is 0 Å². The van der Waals surface area contributed by atoms with Gasteiger partial charge < -0.3 is 31.2 Å². The third-order valence-electron chi connectivity index (χ3n) is 5.89. The van der Waals surface area contributed by atoms with Crippen LogP contribution >= 0.6 is 12.6 Å². The highest BCUT2D eigenvalue weighted by atomic mass is 32.1. The first-order valence-corrected chi connectivity index (χ1v) is 13.8. The van der Waals surface area contributed by atoms with Crippen molar-refractivity contribution in [2.24, 2.45) is 11.7 Å². The number of amides is 5. The number of hydrogen-bond donors (Lipinski definition) is 5. The van der Waals surface area contributed by atoms with E-state index < -0.39 is 54.3 Å². The lowest BCUT2D eigenvalue weighted by atomic mass is 10.1. The van der Waals surface area contributed by atoms with E-state index in [0.717, 1.165) is 11.3 Å². The summed E-state index contributed by atoms with van der Waals surface area (Å²) in [5.74, 6) is -3.72. The van der Waals surface area contributed by atoms with Crippen LogP contribution in [0.2, 0.25) is 0 Å². The van der Waals surface area contributed by atoms with E-state index in [-0.39, 0.29) is 49.7 Å². The molecular weight excluding hydrogens is 546 g/mol. The smallest absolute Gasteiger partial charge is 0.326 e. The third-order valence-corrected chi connectivity index (χ3v) is 6.26. The summed E-state index contributed by atoms with van der Waals surface area (Å²) in [6, 6.07) is -1.86. The summed E-state index contributed by atoms with van der Waals surface area (Å²) in [7, 11) is 0. The second-order valence-electron chi connectivity index (χ2n) is 9.74. The Labute approximate surface area is 239 Å². The van der Waals surface area contributed by atoms with Crippen LogP contribution in [0, 0.1) is 5.92 Å². The van der Waals surface area contributed by atoms with Crippen LogP contribution in [0.25, 0.3) is 0 Å². The van der Waals surface area contributed by atoms with Gasteiger partial charge in [-0.15, -0.1) is 0 Å². The van der Waals surface area contributed by atoms with Crippen molar-refractivity contribution < 1.29 is 43.0 Å². The molecule has 5 amide bonds. The standard InChI is InChI=1S/C25H41N5O9S/c1-15(2)7-10-38-11-8-27-20(32)6-9-30-22(34)12-19(25(30)37)39-23(35)13-28-24(36)18(14-40)29-21(33)5-4-17(26)16(3)31/h15,17-19,40H,4-14,26H2,1-3H3,(H,27,32)(H,28,36)(H,29,33). The van der Waals surface area contributed by atoms with Gasteiger partial charge in [0, 0.05) is 38.3 Å². The summed E-state index contributed by atoms with van der Waals surface area (Å²) in [5, 5.41) is 7.36. The fraction of sp³-hybridized carbons (Fsp3) is 0.720. The van der Waals surface area contributed by atoms with Gasteiger partial charge in [-0.2, -0.15) is 12.6 Å². The minimum atomic E-state index is -1.36. The number of nitrogens with one attached hydrogen (secondary N) is 3. The number of nitrogens with zero attached hydrogens (tertiary/aromatic N) is 1. The molecule has 5 N–H and O–H groups in total. The Kier molecular flexibility index (Phi) is 16.0. The summed E-state index contributed by atoms with van der Waals surface area (Å²) >= 11 is 4.02. The molecule has 1 aliphatic rings. The maximum Gasteiger partial charge on any atom is 0.326 e. The van der Waals surface area contributed by atoms with Gasteiger partial charge in [-0.1, -0.05) is 13.8 Å². The molecule has 1 rings (SSSR count). The number of nitrogens with two attached hydrogens (primary N) is 1. The fourth-order valence-corrected chi connectivity index (χ4v) is 3.66. The highest BCUT2D eigenvalue weighted by molar-refractivity contribution is 7.80. The average molecular weight is 588 g/mol. The van der Waals surface area contributed by atoms with Crippen LogP contribution in [0.4, 0.5) is 0 Å². The van der Waals surface area contributed by atoms with Gasteiger partial charge in [-0.3, -0.25) is 38.5 Å². The molecule has 0 bridgehead atoms. The zero-order valence-corrected chi connectivity index (χ0v) is 24.1. The summed E-state index contributed by atoms with van der Waals surface area (Å²) in [5.41, 5.74) is 5.59. The number of Topliss-reactive ketones (excluding diaryl/α,β-unsaturated/α-hetero) is 1. The number of ether oxygens (including phenoxy) is 2. The second kappa shape index (κ2) is 18.3. The summed E-state index contributed by atoms with van der Waals surface area (Å²) in [4.78, 5) is 85.3. The van der Waals surface area contributed by atoms with Crippen LogP contribution in [-0.4, -0.2) is 103 Å². The van der Waals surface area contributed by atoms with E-state index in [1.54, 1.807) is 0 Å². The van der Waals surface area contributed by atoms with Crippen molar-refractivity contribution in [1.82, 2.24) is 20.9 Å². The first-order valence-electron chi connectivity index (χ1n) is 13.2. The van der Waals surface area contributed by atoms with Crippen molar-refractivity contribution in [2.45, 2.75) is 71.1 Å². The van der Waals surface area contributed by atoms with Gasteiger partial charge in [0.15, 0.2) is 6.10 Å². The topological polar surface area (TPSA) is 203 Å². The Morgan fingerprint density at radius 1 is 1.05 bits per heavy atom. The van der Waals surface area contributed by atoms with Crippen molar-refractivity contribution in [3.63, 3.8) is 0 Å². The summed E-state index contributed by atoms with van der Waals surface area (Å²) < 4.78 is 10.5. The van der Waals surface area contributed by atoms with Crippen LogP contribution in [0.3, 0.4) is 0 Å². The van der Waals surface area contributed by atoms with Crippen LogP contribution in [0.1, 0.15) is 52.9 Å². The molecule has 1 aliphatic heterocycles. The number of likely N-dealkylation sites (tertiary alicyclic amines) is 1. The van der Waals surface area contributed by atoms with Crippen LogP contribution in [0.15, 0.2) is 0 Å². The Hall–Kier alpha value is -3.04. The second-order valence-corrected chi connectivity index (χ2v) is 10.1. The Morgan fingerprint density at radius 3 is 2.38 bits per heavy atom. The van der Waals surface area contributed by atoms with E-state index in [4.69, 9.17) is 15.2 Å². The highest BCUT2D eigenvalue weighted by Crippen LogP contribution is 2.16. The SMILES string of the molecule is CC(=O)C(N)CCC(=O)NC(CS)C(=O)NCC(=O)OC1CC(=O)N(CCC(=O)NCCOCCC(C)C)C1=O. The van der Waals surface area contributed by atoms with E-state index in [0.29, 0.717) is 25.7 Å². The molecule has 3 unspecified atom stereocenters. The van der Waals surface area contributed by atoms with Gasteiger partial charge in [0.05, 0.1) is 19.1 Å². The molecular formula is C25H41N5O9S. The maximum atomic E-state index is 12.5. The van der Waals surface area contributed by atoms with Crippen molar-refractivity contribution in [3.8, 4) is 0 Å². The van der Waals surface area contributed by atoms with Crippen molar-refractivity contribution >= 4 is 53.9 Å². The van der Waals surface area contributed by atoms with Gasteiger partial charge >= 0.3 is 5.97 Å². The molecule has 1 fully saturated rings. The quantitative estimate of drug-likeness (QED) is 0.0510. The van der Waals surface area contributed by atoms with Crippen molar-refractivity contribution in [1.29, 1.82) is 0 Å². The van der Waals surface area contributed by atoms with E-state index in [1.165, 1.54) is 6.92 Å². The summed E-state index contributed by atoms with van der Waals surface area (Å²) in [6.07, 6.45) is -0.903. The largest absolute Gasteiger partial charge is 0.450 e. The van der Waals surface area contributed by atoms with Gasteiger partial charge in [0.25, 0.3) is 5.91 Å². The average Bonchev–Trinajstić information content (AvgIpc) is 3.16. The van der Waals surface area contributed by atoms with Gasteiger partial charge in [-0.05, 0) is 25.7 Å². The predicted octanol–water partition coefficient (Wildman–Crippen LogP) is -1.55. The fourth-order valence-electron chi connectivity index (χ4n) is 3.40. The third kappa shape index (κ3) is 13.3. The molecule has 0 aromatic rings. The first-order chi connectivity index (χ1) is 18.8. The lowest BCUT2D eigenvalue weighted by molar-refractivity contribution is -0.156. The summed E-state index contributed by atoms with van der Waals surface area (Å²) in [6.45, 7) is 5.94. The number of carbonyl (C=O) groups is 7. The number of rotatable bonds is 19. The Morgan fingerprint density at radius 2 is 1.75 bits per heavy atom. The molecule has 40 heavy (non-hydrogen) atoms. The lowest BCUT2D eigenvalue weighted by Crippen LogP contribution is -2.49. The molecule has 1 heterocycles. The number of ketones is 1. The molecule has 0 aromatic heterocycles. The van der Waals surface area contributed by atoms with E-state index in [1.807, 2.05) is 0 Å². The molecule has 14 nitrogen and oxygen atoms in total. The van der Waals surface area contributed by atoms with Crippen molar-refractivity contribution in [3.05, 3.63) is 0 Å². The van der Waals surface area contributed by atoms with E-state index >= 15 is 0 Å². The molecule has 226 valence electrons. The minimum Gasteiger partial charge on any atom is -0.450 e. The molecule has 3 atom stereocenters. The minimum absolute atomic E-state index is 0.0747. The van der Waals surface area contributed by atoms with E-state index in [2.05, 4.69) is 42.4 Å². The zero-order chi connectivity index (χ0) is 30.2. The maximum absolute atomic E-state index is 12.5. The molecule has 0 aromatic carbocycles. The molecule has 1 saturated heterocycles. The molecule has 0 spiro atoms. The molecule has 15 heteroatoms. The van der Waals surface area contributed by atoms with Crippen LogP contribution in [0.5, 0.6) is 0 Å². The van der Waals surface area contributed by atoms with Crippen LogP contribution in [-0.2, 0) is 43.0 Å². The van der Waals surface area contributed by atoms with Gasteiger partial charge in [0.1, 0.15) is 18.4 Å². The zero-order valence-electron chi connectivity index (χ0n) is 23.2. The Bertz CT molecular complexity index is 930. The van der Waals surface area contributed by atoms with Gasteiger partial charge in [0.2, 0.25) is 23.6 Å². The monoisotopic (exact) mass is 587 g/mol. The number of imide groups is 1. The van der Waals surface area contributed by atoms with Crippen LogP contribution < -0.4 is 21.7 Å². The molecule has 0 radical (unpaired) electrons.